The van der Waals surface area contributed by atoms with Gasteiger partial charge in [0.25, 0.3) is 0 Å². The van der Waals surface area contributed by atoms with E-state index in [0.717, 1.165) is 29.5 Å². The summed E-state index contributed by atoms with van der Waals surface area (Å²) in [6.45, 7) is 1.95. The monoisotopic (exact) mass is 226 g/mol. The minimum atomic E-state index is -4.21. The first kappa shape index (κ1) is 11.2. The summed E-state index contributed by atoms with van der Waals surface area (Å²) in [6, 6.07) is 5.57. The first-order valence-electron chi connectivity index (χ1n) is 5.35. The summed E-state index contributed by atoms with van der Waals surface area (Å²) in [4.78, 5) is 0. The third kappa shape index (κ3) is 2.29. The maximum atomic E-state index is 12.4. The van der Waals surface area contributed by atoms with Gasteiger partial charge in [0.15, 0.2) is 0 Å². The average molecular weight is 226 g/mol. The zero-order valence-corrected chi connectivity index (χ0v) is 9.06. The molecule has 1 aliphatic carbocycles. The molecular formula is C13H13F3. The van der Waals surface area contributed by atoms with Crippen LogP contribution in [0.4, 0.5) is 13.2 Å². The van der Waals surface area contributed by atoms with E-state index in [1.165, 1.54) is 0 Å². The minimum Gasteiger partial charge on any atom is -0.167 e. The highest BCUT2D eigenvalue weighted by Gasteiger charge is 2.26. The predicted octanol–water partition coefficient (Wildman–Crippen LogP) is 4.28. The highest BCUT2D eigenvalue weighted by atomic mass is 19.4. The molecule has 0 bridgehead atoms. The second kappa shape index (κ2) is 3.96. The van der Waals surface area contributed by atoms with Crippen LogP contribution >= 0.6 is 0 Å². The number of hydrogen-bond acceptors (Lipinski definition) is 0. The highest BCUT2D eigenvalue weighted by Crippen LogP contribution is 2.35. The topological polar surface area (TPSA) is 0 Å². The molecule has 0 amide bonds. The van der Waals surface area contributed by atoms with Crippen LogP contribution in [0, 0.1) is 6.92 Å². The molecular weight excluding hydrogens is 213 g/mol. The summed E-state index contributed by atoms with van der Waals surface area (Å²) >= 11 is 0. The second-order valence-electron chi connectivity index (χ2n) is 4.17. The Morgan fingerprint density at radius 2 is 1.94 bits per heavy atom. The quantitative estimate of drug-likeness (QED) is 0.619. The van der Waals surface area contributed by atoms with E-state index in [2.05, 4.69) is 0 Å². The zero-order chi connectivity index (χ0) is 11.8. The van der Waals surface area contributed by atoms with E-state index in [0.29, 0.717) is 18.1 Å². The standard InChI is InChI=1S/C13H13F3/c1-9-4-2-7-12-10(8-13(14,15)16)5-3-6-11(9)12/h2,4,7-8H,3,5-6H2,1H3/b10-8+. The molecule has 1 aromatic rings. The highest BCUT2D eigenvalue weighted by molar-refractivity contribution is 5.71. The summed E-state index contributed by atoms with van der Waals surface area (Å²) in [5, 5.41) is 0. The number of rotatable bonds is 0. The molecule has 0 fully saturated rings. The van der Waals surface area contributed by atoms with E-state index < -0.39 is 6.18 Å². The number of benzene rings is 1. The van der Waals surface area contributed by atoms with Gasteiger partial charge in [0.05, 0.1) is 0 Å². The minimum absolute atomic E-state index is 0.428. The molecule has 0 radical (unpaired) electrons. The van der Waals surface area contributed by atoms with E-state index in [1.807, 2.05) is 19.1 Å². The van der Waals surface area contributed by atoms with Gasteiger partial charge in [0, 0.05) is 6.08 Å². The van der Waals surface area contributed by atoms with Crippen molar-refractivity contribution in [2.45, 2.75) is 32.4 Å². The van der Waals surface area contributed by atoms with Gasteiger partial charge in [0.2, 0.25) is 0 Å². The lowest BCUT2D eigenvalue weighted by Gasteiger charge is -2.21. The molecule has 1 aliphatic rings. The second-order valence-corrected chi connectivity index (χ2v) is 4.17. The van der Waals surface area contributed by atoms with Gasteiger partial charge < -0.3 is 0 Å². The first-order chi connectivity index (χ1) is 7.47. The van der Waals surface area contributed by atoms with E-state index in [4.69, 9.17) is 0 Å². The molecule has 0 saturated carbocycles. The molecule has 86 valence electrons. The van der Waals surface area contributed by atoms with Gasteiger partial charge in [-0.25, -0.2) is 0 Å². The smallest absolute Gasteiger partial charge is 0.167 e. The molecule has 0 heterocycles. The van der Waals surface area contributed by atoms with Crippen LogP contribution in [0.2, 0.25) is 0 Å². The Bertz CT molecular complexity index is 427. The lowest BCUT2D eigenvalue weighted by Crippen LogP contribution is -2.08. The van der Waals surface area contributed by atoms with Crippen LogP contribution in [0.5, 0.6) is 0 Å². The van der Waals surface area contributed by atoms with Crippen molar-refractivity contribution in [2.75, 3.05) is 0 Å². The van der Waals surface area contributed by atoms with Crippen LogP contribution < -0.4 is 0 Å². The summed E-state index contributed by atoms with van der Waals surface area (Å²) < 4.78 is 37.1. The maximum absolute atomic E-state index is 12.4. The molecule has 0 N–H and O–H groups in total. The number of alkyl halides is 3. The number of allylic oxidation sites excluding steroid dienone is 2. The number of hydrogen-bond donors (Lipinski definition) is 0. The molecule has 0 unspecified atom stereocenters. The fourth-order valence-corrected chi connectivity index (χ4v) is 2.27. The largest absolute Gasteiger partial charge is 0.410 e. The third-order valence-corrected chi connectivity index (χ3v) is 2.97. The number of halogens is 3. The van der Waals surface area contributed by atoms with Gasteiger partial charge >= 0.3 is 6.18 Å². The Morgan fingerprint density at radius 3 is 2.62 bits per heavy atom. The molecule has 0 saturated heterocycles. The van der Waals surface area contributed by atoms with Crippen molar-refractivity contribution in [1.29, 1.82) is 0 Å². The van der Waals surface area contributed by atoms with E-state index >= 15 is 0 Å². The summed E-state index contributed by atoms with van der Waals surface area (Å²) in [5.41, 5.74) is 3.37. The number of fused-ring (bicyclic) bond motifs is 1. The lowest BCUT2D eigenvalue weighted by atomic mass is 9.85. The molecule has 16 heavy (non-hydrogen) atoms. The Kier molecular flexibility index (Phi) is 2.78. The van der Waals surface area contributed by atoms with E-state index in [9.17, 15) is 13.2 Å². The van der Waals surface area contributed by atoms with Crippen LogP contribution in [0.15, 0.2) is 24.3 Å². The summed E-state index contributed by atoms with van der Waals surface area (Å²) in [7, 11) is 0. The Hall–Kier alpha value is -1.25. The van der Waals surface area contributed by atoms with Gasteiger partial charge in [-0.2, -0.15) is 13.2 Å². The van der Waals surface area contributed by atoms with Crippen LogP contribution in [0.1, 0.15) is 29.5 Å². The van der Waals surface area contributed by atoms with Crippen molar-refractivity contribution >= 4 is 5.57 Å². The molecule has 0 aromatic heterocycles. The van der Waals surface area contributed by atoms with Crippen molar-refractivity contribution in [3.63, 3.8) is 0 Å². The molecule has 2 rings (SSSR count). The van der Waals surface area contributed by atoms with Gasteiger partial charge in [0.1, 0.15) is 0 Å². The van der Waals surface area contributed by atoms with Crippen molar-refractivity contribution in [1.82, 2.24) is 0 Å². The van der Waals surface area contributed by atoms with Crippen LogP contribution in [0.25, 0.3) is 5.57 Å². The normalized spacial score (nSPS) is 18.6. The molecule has 0 aliphatic heterocycles. The van der Waals surface area contributed by atoms with E-state index in [1.54, 1.807) is 6.07 Å². The van der Waals surface area contributed by atoms with Crippen LogP contribution in [0.3, 0.4) is 0 Å². The van der Waals surface area contributed by atoms with Crippen LogP contribution in [-0.4, -0.2) is 6.18 Å². The Balaban J connectivity index is 2.49. The van der Waals surface area contributed by atoms with E-state index in [-0.39, 0.29) is 0 Å². The average Bonchev–Trinajstić information content (AvgIpc) is 2.17. The first-order valence-corrected chi connectivity index (χ1v) is 5.35. The fourth-order valence-electron chi connectivity index (χ4n) is 2.27. The molecule has 1 aromatic carbocycles. The van der Waals surface area contributed by atoms with Gasteiger partial charge in [-0.05, 0) is 48.4 Å². The molecule has 3 heteroatoms. The van der Waals surface area contributed by atoms with Crippen molar-refractivity contribution in [3.8, 4) is 0 Å². The molecule has 0 spiro atoms. The summed E-state index contributed by atoms with van der Waals surface area (Å²) in [6.07, 6.45) is -1.55. The summed E-state index contributed by atoms with van der Waals surface area (Å²) in [5.74, 6) is 0. The predicted molar refractivity (Wildman–Crippen MR) is 58.1 cm³/mol. The van der Waals surface area contributed by atoms with Crippen molar-refractivity contribution in [3.05, 3.63) is 41.0 Å². The van der Waals surface area contributed by atoms with Gasteiger partial charge in [-0.15, -0.1) is 0 Å². The van der Waals surface area contributed by atoms with Crippen LogP contribution in [-0.2, 0) is 6.42 Å². The molecule has 0 nitrogen and oxygen atoms in total. The Morgan fingerprint density at radius 1 is 1.19 bits per heavy atom. The van der Waals surface area contributed by atoms with Crippen molar-refractivity contribution in [2.24, 2.45) is 0 Å². The third-order valence-electron chi connectivity index (χ3n) is 2.97. The number of aryl methyl sites for hydroxylation is 1. The van der Waals surface area contributed by atoms with Gasteiger partial charge in [-0.1, -0.05) is 18.2 Å². The fraction of sp³-hybridized carbons (Fsp3) is 0.385. The SMILES string of the molecule is Cc1cccc2c1CCC/C2=C\C(F)(F)F. The maximum Gasteiger partial charge on any atom is 0.410 e. The lowest BCUT2D eigenvalue weighted by molar-refractivity contribution is -0.0794. The van der Waals surface area contributed by atoms with Gasteiger partial charge in [-0.3, -0.25) is 0 Å². The molecule has 0 atom stereocenters. The van der Waals surface area contributed by atoms with Crippen molar-refractivity contribution < 1.29 is 13.2 Å². The zero-order valence-electron chi connectivity index (χ0n) is 9.06. The Labute approximate surface area is 92.8 Å².